The highest BCUT2D eigenvalue weighted by atomic mass is 35.5. The minimum absolute atomic E-state index is 0.502. The van der Waals surface area contributed by atoms with Gasteiger partial charge in [-0.1, -0.05) is 30.1 Å². The van der Waals surface area contributed by atoms with Gasteiger partial charge in [-0.25, -0.2) is 0 Å². The number of nitrogens with zero attached hydrogens (tertiary/aromatic N) is 5. The van der Waals surface area contributed by atoms with Crippen LogP contribution in [0.2, 0.25) is 10.0 Å². The molecule has 1 atom stereocenters. The fourth-order valence-electron chi connectivity index (χ4n) is 2.75. The van der Waals surface area contributed by atoms with Crippen LogP contribution in [0, 0.1) is 5.92 Å². The molecule has 0 amide bonds. The first kappa shape index (κ1) is 14.8. The quantitative estimate of drug-likeness (QED) is 0.869. The largest absolute Gasteiger partial charge is 0.296 e. The Balaban J connectivity index is 1.81. The van der Waals surface area contributed by atoms with Crippen molar-refractivity contribution in [3.8, 4) is 5.69 Å². The van der Waals surface area contributed by atoms with E-state index in [2.05, 4.69) is 27.3 Å². The second-order valence-electron chi connectivity index (χ2n) is 5.59. The fraction of sp³-hybridized carbons (Fsp3) is 0.500. The van der Waals surface area contributed by atoms with Gasteiger partial charge in [0.25, 0.3) is 0 Å². The molecular formula is C14H17Cl2N5. The minimum Gasteiger partial charge on any atom is -0.296 e. The van der Waals surface area contributed by atoms with Crippen molar-refractivity contribution in [3.05, 3.63) is 34.1 Å². The number of rotatable bonds is 3. The van der Waals surface area contributed by atoms with Crippen molar-refractivity contribution < 1.29 is 0 Å². The average Bonchev–Trinajstić information content (AvgIpc) is 2.90. The van der Waals surface area contributed by atoms with E-state index < -0.39 is 0 Å². The van der Waals surface area contributed by atoms with E-state index in [1.54, 1.807) is 16.8 Å². The number of hydrogen-bond acceptors (Lipinski definition) is 4. The van der Waals surface area contributed by atoms with Gasteiger partial charge in [-0.3, -0.25) is 4.90 Å². The molecule has 1 saturated heterocycles. The van der Waals surface area contributed by atoms with Crippen LogP contribution in [-0.2, 0) is 6.54 Å². The summed E-state index contributed by atoms with van der Waals surface area (Å²) in [5, 5.41) is 13.0. The van der Waals surface area contributed by atoms with Crippen molar-refractivity contribution in [2.24, 2.45) is 5.92 Å². The third kappa shape index (κ3) is 3.36. The van der Waals surface area contributed by atoms with E-state index >= 15 is 0 Å². The lowest BCUT2D eigenvalue weighted by Crippen LogP contribution is -2.34. The van der Waals surface area contributed by atoms with Crippen molar-refractivity contribution in [2.45, 2.75) is 26.3 Å². The highest BCUT2D eigenvalue weighted by Crippen LogP contribution is 2.25. The van der Waals surface area contributed by atoms with E-state index in [0.717, 1.165) is 37.1 Å². The second kappa shape index (κ2) is 6.30. The predicted octanol–water partition coefficient (Wildman–Crippen LogP) is 3.20. The van der Waals surface area contributed by atoms with Gasteiger partial charge in [0.2, 0.25) is 0 Å². The zero-order valence-corrected chi connectivity index (χ0v) is 13.3. The van der Waals surface area contributed by atoms with E-state index in [1.807, 2.05) is 6.07 Å². The Morgan fingerprint density at radius 2 is 2.14 bits per heavy atom. The highest BCUT2D eigenvalue weighted by molar-refractivity contribution is 6.42. The number of halogens is 2. The van der Waals surface area contributed by atoms with Gasteiger partial charge in [0.1, 0.15) is 0 Å². The van der Waals surface area contributed by atoms with Crippen molar-refractivity contribution >= 4 is 23.2 Å². The summed E-state index contributed by atoms with van der Waals surface area (Å²) in [6.07, 6.45) is 2.53. The molecule has 0 spiro atoms. The number of aromatic nitrogens is 4. The lowest BCUT2D eigenvalue weighted by molar-refractivity contribution is 0.171. The van der Waals surface area contributed by atoms with Crippen LogP contribution in [-0.4, -0.2) is 38.2 Å². The molecule has 1 aliphatic rings. The third-order valence-electron chi connectivity index (χ3n) is 3.79. The molecule has 0 saturated carbocycles. The van der Waals surface area contributed by atoms with Gasteiger partial charge in [-0.15, -0.1) is 5.10 Å². The summed E-state index contributed by atoms with van der Waals surface area (Å²) in [7, 11) is 0. The monoisotopic (exact) mass is 325 g/mol. The van der Waals surface area contributed by atoms with E-state index in [-0.39, 0.29) is 0 Å². The van der Waals surface area contributed by atoms with Crippen LogP contribution in [0.25, 0.3) is 5.69 Å². The molecule has 0 aliphatic carbocycles. The Hall–Kier alpha value is -1.17. The SMILES string of the molecule is C[C@H]1CCCN(Cc2nnnn2-c2ccc(Cl)c(Cl)c2)C1. The smallest absolute Gasteiger partial charge is 0.170 e. The summed E-state index contributed by atoms with van der Waals surface area (Å²) in [5.41, 5.74) is 0.828. The first-order valence-corrected chi connectivity index (χ1v) is 7.84. The number of benzene rings is 1. The van der Waals surface area contributed by atoms with Gasteiger partial charge in [-0.05, 0) is 53.9 Å². The van der Waals surface area contributed by atoms with E-state index in [9.17, 15) is 0 Å². The molecule has 1 aromatic carbocycles. The van der Waals surface area contributed by atoms with Crippen molar-refractivity contribution in [2.75, 3.05) is 13.1 Å². The molecule has 0 bridgehead atoms. The molecule has 0 unspecified atom stereocenters. The lowest BCUT2D eigenvalue weighted by Gasteiger charge is -2.30. The molecule has 1 aromatic heterocycles. The molecule has 112 valence electrons. The zero-order chi connectivity index (χ0) is 14.8. The molecular weight excluding hydrogens is 309 g/mol. The Labute approximate surface area is 133 Å². The maximum atomic E-state index is 6.07. The maximum absolute atomic E-state index is 6.07. The van der Waals surface area contributed by atoms with Crippen LogP contribution in [0.3, 0.4) is 0 Å². The summed E-state index contributed by atoms with van der Waals surface area (Å²) >= 11 is 12.0. The molecule has 1 fully saturated rings. The van der Waals surface area contributed by atoms with Gasteiger partial charge in [0.15, 0.2) is 5.82 Å². The Morgan fingerprint density at radius 1 is 1.29 bits per heavy atom. The minimum atomic E-state index is 0.502. The summed E-state index contributed by atoms with van der Waals surface area (Å²) in [5.74, 6) is 1.55. The normalized spacial score (nSPS) is 19.9. The first-order chi connectivity index (χ1) is 10.1. The van der Waals surface area contributed by atoms with Gasteiger partial charge >= 0.3 is 0 Å². The molecule has 3 rings (SSSR count). The summed E-state index contributed by atoms with van der Waals surface area (Å²) in [6, 6.07) is 5.41. The van der Waals surface area contributed by atoms with Crippen molar-refractivity contribution in [1.29, 1.82) is 0 Å². The van der Waals surface area contributed by atoms with Crippen LogP contribution in [0.5, 0.6) is 0 Å². The number of piperidine rings is 1. The molecule has 1 aliphatic heterocycles. The van der Waals surface area contributed by atoms with Gasteiger partial charge < -0.3 is 0 Å². The van der Waals surface area contributed by atoms with Gasteiger partial charge in [0.05, 0.1) is 22.3 Å². The van der Waals surface area contributed by atoms with Crippen LogP contribution in [0.4, 0.5) is 0 Å². The van der Waals surface area contributed by atoms with Crippen LogP contribution < -0.4 is 0 Å². The molecule has 2 aromatic rings. The Bertz CT molecular complexity index is 628. The summed E-state index contributed by atoms with van der Waals surface area (Å²) < 4.78 is 1.72. The highest BCUT2D eigenvalue weighted by Gasteiger charge is 2.19. The van der Waals surface area contributed by atoms with E-state index in [4.69, 9.17) is 23.2 Å². The van der Waals surface area contributed by atoms with E-state index in [0.29, 0.717) is 10.0 Å². The standard InChI is InChI=1S/C14H17Cl2N5/c1-10-3-2-6-20(8-10)9-14-17-18-19-21(14)11-4-5-12(15)13(16)7-11/h4-5,7,10H,2-3,6,8-9H2,1H3/t10-/m0/s1. The molecule has 0 radical (unpaired) electrons. The zero-order valence-electron chi connectivity index (χ0n) is 11.8. The van der Waals surface area contributed by atoms with Gasteiger partial charge in [-0.2, -0.15) is 4.68 Å². The average molecular weight is 326 g/mol. The topological polar surface area (TPSA) is 46.8 Å². The summed E-state index contributed by atoms with van der Waals surface area (Å²) in [6.45, 7) is 5.22. The Kier molecular flexibility index (Phi) is 4.42. The van der Waals surface area contributed by atoms with Crippen LogP contribution in [0.1, 0.15) is 25.6 Å². The number of likely N-dealkylation sites (tertiary alicyclic amines) is 1. The van der Waals surface area contributed by atoms with Gasteiger partial charge in [0, 0.05) is 6.54 Å². The number of hydrogen-bond donors (Lipinski definition) is 0. The van der Waals surface area contributed by atoms with Crippen LogP contribution in [0.15, 0.2) is 18.2 Å². The maximum Gasteiger partial charge on any atom is 0.170 e. The van der Waals surface area contributed by atoms with E-state index in [1.165, 1.54) is 12.8 Å². The van der Waals surface area contributed by atoms with Crippen molar-refractivity contribution in [3.63, 3.8) is 0 Å². The first-order valence-electron chi connectivity index (χ1n) is 7.08. The van der Waals surface area contributed by atoms with Crippen LogP contribution >= 0.6 is 23.2 Å². The molecule has 5 nitrogen and oxygen atoms in total. The third-order valence-corrected chi connectivity index (χ3v) is 4.53. The predicted molar refractivity (Wildman–Crippen MR) is 82.8 cm³/mol. The molecule has 7 heteroatoms. The lowest BCUT2D eigenvalue weighted by atomic mass is 10.0. The summed E-state index contributed by atoms with van der Waals surface area (Å²) in [4.78, 5) is 2.40. The fourth-order valence-corrected chi connectivity index (χ4v) is 3.04. The molecule has 2 heterocycles. The molecule has 0 N–H and O–H groups in total. The second-order valence-corrected chi connectivity index (χ2v) is 6.40. The molecule has 21 heavy (non-hydrogen) atoms. The van der Waals surface area contributed by atoms with Crippen molar-refractivity contribution in [1.82, 2.24) is 25.1 Å². The number of tetrazole rings is 1. The Morgan fingerprint density at radius 3 is 2.90 bits per heavy atom.